The maximum Gasteiger partial charge on any atom is 0.0270 e. The maximum atomic E-state index is 3.96. The molecule has 0 atom stereocenters. The van der Waals surface area contributed by atoms with Gasteiger partial charge in [-0.3, -0.25) is 9.97 Å². The van der Waals surface area contributed by atoms with Crippen LogP contribution in [0.5, 0.6) is 0 Å². The zero-order valence-corrected chi connectivity index (χ0v) is 14.8. The number of aromatic nitrogens is 2. The van der Waals surface area contributed by atoms with E-state index in [1.807, 2.05) is 24.8 Å². The van der Waals surface area contributed by atoms with Gasteiger partial charge in [-0.25, -0.2) is 0 Å². The zero-order valence-electron chi connectivity index (χ0n) is 13.8. The number of hydrogen-bond acceptors (Lipinski definition) is 2. The molecule has 0 N–H and O–H groups in total. The van der Waals surface area contributed by atoms with Gasteiger partial charge in [0, 0.05) is 41.9 Å². The van der Waals surface area contributed by atoms with Crippen LogP contribution in [0.25, 0.3) is 0 Å². The van der Waals surface area contributed by atoms with Crippen LogP contribution in [-0.2, 0) is 27.9 Å². The first kappa shape index (κ1) is 19.8. The van der Waals surface area contributed by atoms with E-state index in [0.29, 0.717) is 0 Å². The summed E-state index contributed by atoms with van der Waals surface area (Å²) >= 11 is 0. The molecule has 0 aliphatic carbocycles. The first-order chi connectivity index (χ1) is 9.21. The van der Waals surface area contributed by atoms with Crippen LogP contribution < -0.4 is 0 Å². The largest absolute Gasteiger partial charge is 0.265 e. The van der Waals surface area contributed by atoms with Gasteiger partial charge >= 0.3 is 0 Å². The Labute approximate surface area is 139 Å². The molecule has 0 spiro atoms. The van der Waals surface area contributed by atoms with Crippen LogP contribution in [0.15, 0.2) is 49.1 Å². The molecule has 3 heteroatoms. The average molecular weight is 334 g/mol. The maximum absolute atomic E-state index is 3.96. The van der Waals surface area contributed by atoms with Crippen molar-refractivity contribution in [2.45, 2.75) is 52.4 Å². The monoisotopic (exact) mass is 333 g/mol. The normalized spacial score (nSPS) is 11.0. The summed E-state index contributed by atoms with van der Waals surface area (Å²) < 4.78 is 0. The van der Waals surface area contributed by atoms with Crippen LogP contribution >= 0.6 is 0 Å². The van der Waals surface area contributed by atoms with Crippen molar-refractivity contribution >= 4 is 0 Å². The van der Waals surface area contributed by atoms with Crippen LogP contribution in [0.4, 0.5) is 0 Å². The van der Waals surface area contributed by atoms with Gasteiger partial charge in [0.25, 0.3) is 0 Å². The van der Waals surface area contributed by atoms with Crippen molar-refractivity contribution in [1.82, 2.24) is 9.97 Å². The molecular weight excluding hydrogens is 308 g/mol. The number of hydrogen-bond donors (Lipinski definition) is 0. The summed E-state index contributed by atoms with van der Waals surface area (Å²) in [5.41, 5.74) is 3.18. The van der Waals surface area contributed by atoms with E-state index in [0.717, 1.165) is 0 Å². The van der Waals surface area contributed by atoms with Crippen molar-refractivity contribution in [3.63, 3.8) is 0 Å². The fraction of sp³-hybridized carbons (Fsp3) is 0.444. The smallest absolute Gasteiger partial charge is 0.0270 e. The molecule has 0 bridgehead atoms. The summed E-state index contributed by atoms with van der Waals surface area (Å²) in [5.74, 6) is 0. The van der Waals surface area contributed by atoms with Crippen LogP contribution in [0.1, 0.15) is 52.7 Å². The predicted octanol–water partition coefficient (Wildman–Crippen LogP) is 4.76. The molecular formula is C18H26CuN2. The summed E-state index contributed by atoms with van der Waals surface area (Å²) in [6.07, 6.45) is 7.34. The minimum absolute atomic E-state index is 0. The summed E-state index contributed by atoms with van der Waals surface area (Å²) in [5, 5.41) is 0. The Bertz CT molecular complexity index is 447. The topological polar surface area (TPSA) is 25.8 Å². The number of nitrogens with zero attached hydrogens (tertiary/aromatic N) is 2. The molecule has 0 saturated carbocycles. The van der Waals surface area contributed by atoms with Crippen LogP contribution in [0.2, 0.25) is 0 Å². The van der Waals surface area contributed by atoms with Gasteiger partial charge in [-0.2, -0.15) is 0 Å². The second-order valence-corrected chi connectivity index (χ2v) is 6.97. The molecule has 0 amide bonds. The second-order valence-electron chi connectivity index (χ2n) is 6.97. The SMILES string of the molecule is CC(C)(C)c1ccncc1.CC(C)(C)c1ccncc1.[Cu]. The first-order valence-electron chi connectivity index (χ1n) is 7.02. The minimum atomic E-state index is 0. The Morgan fingerprint density at radius 3 is 0.952 bits per heavy atom. The van der Waals surface area contributed by atoms with Crippen molar-refractivity contribution in [2.24, 2.45) is 0 Å². The van der Waals surface area contributed by atoms with Crippen molar-refractivity contribution in [1.29, 1.82) is 0 Å². The molecule has 0 fully saturated rings. The molecule has 0 saturated heterocycles. The van der Waals surface area contributed by atoms with E-state index in [2.05, 4.69) is 75.8 Å². The molecule has 0 unspecified atom stereocenters. The van der Waals surface area contributed by atoms with E-state index in [1.54, 1.807) is 0 Å². The molecule has 119 valence electrons. The van der Waals surface area contributed by atoms with Crippen LogP contribution in [0.3, 0.4) is 0 Å². The summed E-state index contributed by atoms with van der Waals surface area (Å²) in [6.45, 7) is 13.2. The summed E-state index contributed by atoms with van der Waals surface area (Å²) in [7, 11) is 0. The van der Waals surface area contributed by atoms with Gasteiger partial charge in [0.15, 0.2) is 0 Å². The van der Waals surface area contributed by atoms with Gasteiger partial charge in [-0.1, -0.05) is 41.5 Å². The Kier molecular flexibility index (Phi) is 7.84. The van der Waals surface area contributed by atoms with Gasteiger partial charge in [-0.15, -0.1) is 0 Å². The molecule has 21 heavy (non-hydrogen) atoms. The van der Waals surface area contributed by atoms with Crippen LogP contribution in [0, 0.1) is 0 Å². The van der Waals surface area contributed by atoms with Crippen molar-refractivity contribution in [3.8, 4) is 0 Å². The fourth-order valence-electron chi connectivity index (χ4n) is 1.70. The van der Waals surface area contributed by atoms with Crippen molar-refractivity contribution in [2.75, 3.05) is 0 Å². The third kappa shape index (κ3) is 7.40. The van der Waals surface area contributed by atoms with E-state index < -0.39 is 0 Å². The molecule has 2 rings (SSSR count). The summed E-state index contributed by atoms with van der Waals surface area (Å²) in [6, 6.07) is 8.22. The van der Waals surface area contributed by atoms with Gasteiger partial charge < -0.3 is 0 Å². The molecule has 2 aromatic rings. The minimum Gasteiger partial charge on any atom is -0.265 e. The quantitative estimate of drug-likeness (QED) is 0.650. The third-order valence-corrected chi connectivity index (χ3v) is 3.09. The molecule has 1 radical (unpaired) electrons. The van der Waals surface area contributed by atoms with E-state index >= 15 is 0 Å². The summed E-state index contributed by atoms with van der Waals surface area (Å²) in [4.78, 5) is 7.92. The van der Waals surface area contributed by atoms with Crippen molar-refractivity contribution in [3.05, 3.63) is 60.2 Å². The van der Waals surface area contributed by atoms with E-state index in [-0.39, 0.29) is 27.9 Å². The van der Waals surface area contributed by atoms with Gasteiger partial charge in [0.2, 0.25) is 0 Å². The zero-order chi connectivity index (χ0) is 15.2. The number of pyridine rings is 2. The Balaban J connectivity index is 0.000000364. The first-order valence-corrected chi connectivity index (χ1v) is 7.02. The average Bonchev–Trinajstić information content (AvgIpc) is 2.40. The molecule has 0 aliphatic heterocycles. The Morgan fingerprint density at radius 1 is 0.571 bits per heavy atom. The van der Waals surface area contributed by atoms with Gasteiger partial charge in [0.05, 0.1) is 0 Å². The third-order valence-electron chi connectivity index (χ3n) is 3.09. The van der Waals surface area contributed by atoms with E-state index in [9.17, 15) is 0 Å². The second kappa shape index (κ2) is 8.31. The molecule has 2 nitrogen and oxygen atoms in total. The van der Waals surface area contributed by atoms with Gasteiger partial charge in [0.1, 0.15) is 0 Å². The van der Waals surface area contributed by atoms with E-state index in [4.69, 9.17) is 0 Å². The van der Waals surface area contributed by atoms with E-state index in [1.165, 1.54) is 11.1 Å². The standard InChI is InChI=1S/2C9H13N.Cu/c2*1-9(2,3)8-4-6-10-7-5-8;/h2*4-7H,1-3H3;. The molecule has 2 heterocycles. The van der Waals surface area contributed by atoms with Crippen molar-refractivity contribution < 1.29 is 17.1 Å². The number of rotatable bonds is 0. The predicted molar refractivity (Wildman–Crippen MR) is 85.9 cm³/mol. The molecule has 0 aromatic carbocycles. The Hall–Kier alpha value is -1.18. The molecule has 2 aromatic heterocycles. The molecule has 0 aliphatic rings. The van der Waals surface area contributed by atoms with Crippen LogP contribution in [-0.4, -0.2) is 9.97 Å². The fourth-order valence-corrected chi connectivity index (χ4v) is 1.70. The van der Waals surface area contributed by atoms with Gasteiger partial charge in [-0.05, 0) is 46.2 Å². The Morgan fingerprint density at radius 2 is 0.810 bits per heavy atom.